The predicted molar refractivity (Wildman–Crippen MR) is 149 cm³/mol. The highest BCUT2D eigenvalue weighted by molar-refractivity contribution is 6.33. The summed E-state index contributed by atoms with van der Waals surface area (Å²) in [6.07, 6.45) is -0.356. The van der Waals surface area contributed by atoms with E-state index in [-0.39, 0.29) is 11.2 Å². The van der Waals surface area contributed by atoms with Gasteiger partial charge in [0.05, 0.1) is 16.9 Å². The van der Waals surface area contributed by atoms with Crippen LogP contribution in [0.15, 0.2) is 72.8 Å². The molecule has 7 nitrogen and oxygen atoms in total. The number of carbonyl (C=O) groups excluding carboxylic acids is 1. The molecule has 0 bridgehead atoms. The number of benzene rings is 3. The first kappa shape index (κ1) is 26.1. The fraction of sp³-hybridized carbons (Fsp3) is 0.241. The van der Waals surface area contributed by atoms with E-state index in [2.05, 4.69) is 10.3 Å². The number of anilines is 2. The molecule has 0 saturated heterocycles. The molecule has 0 fully saturated rings. The molecular formula is C29H31ClN4O3. The Kier molecular flexibility index (Phi) is 7.74. The topological polar surface area (TPSA) is 89.7 Å². The summed E-state index contributed by atoms with van der Waals surface area (Å²) >= 11 is 6.23. The zero-order valence-electron chi connectivity index (χ0n) is 21.4. The molecule has 0 unspecified atom stereocenters. The van der Waals surface area contributed by atoms with Gasteiger partial charge in [0.2, 0.25) is 0 Å². The molecule has 0 aliphatic rings. The van der Waals surface area contributed by atoms with Crippen LogP contribution in [0.3, 0.4) is 0 Å². The maximum Gasteiger partial charge on any atom is 0.410 e. The Morgan fingerprint density at radius 1 is 0.973 bits per heavy atom. The van der Waals surface area contributed by atoms with Crippen LogP contribution >= 0.6 is 11.6 Å². The molecule has 8 heteroatoms. The van der Waals surface area contributed by atoms with Crippen LogP contribution in [0.5, 0.6) is 11.5 Å². The molecule has 192 valence electrons. The first-order valence-corrected chi connectivity index (χ1v) is 12.3. The molecular weight excluding hydrogens is 488 g/mol. The number of nitrogens with zero attached hydrogens (tertiary/aromatic N) is 2. The third-order valence-electron chi connectivity index (χ3n) is 5.56. The Morgan fingerprint density at radius 2 is 1.57 bits per heavy atom. The Bertz CT molecular complexity index is 1380. The first-order valence-electron chi connectivity index (χ1n) is 12.0. The number of aromatic nitrogens is 1. The van der Waals surface area contributed by atoms with Gasteiger partial charge in [-0.25, -0.2) is 9.78 Å². The SMILES string of the molecule is CN(Cc1ccc(Oc2ccc(CNc3c(N)c(Cl)nc4ccccc34)cc2)cc1)C(=O)OC(C)(C)C. The van der Waals surface area contributed by atoms with Gasteiger partial charge < -0.3 is 25.4 Å². The molecule has 1 amide bonds. The molecule has 0 saturated carbocycles. The number of carbonyl (C=O) groups is 1. The van der Waals surface area contributed by atoms with Gasteiger partial charge in [0.25, 0.3) is 0 Å². The van der Waals surface area contributed by atoms with Crippen LogP contribution in [0, 0.1) is 0 Å². The van der Waals surface area contributed by atoms with Crippen LogP contribution in [-0.2, 0) is 17.8 Å². The van der Waals surface area contributed by atoms with Crippen LogP contribution in [0.1, 0.15) is 31.9 Å². The number of ether oxygens (including phenoxy) is 2. The van der Waals surface area contributed by atoms with Crippen molar-refractivity contribution in [2.24, 2.45) is 0 Å². The van der Waals surface area contributed by atoms with Crippen molar-refractivity contribution in [1.82, 2.24) is 9.88 Å². The Labute approximate surface area is 222 Å². The largest absolute Gasteiger partial charge is 0.457 e. The number of nitrogens with two attached hydrogens (primary N) is 1. The van der Waals surface area contributed by atoms with Gasteiger partial charge in [0.1, 0.15) is 17.1 Å². The lowest BCUT2D eigenvalue weighted by Gasteiger charge is -2.24. The Morgan fingerprint density at radius 3 is 2.19 bits per heavy atom. The van der Waals surface area contributed by atoms with Crippen molar-refractivity contribution in [3.05, 3.63) is 89.1 Å². The van der Waals surface area contributed by atoms with E-state index in [9.17, 15) is 4.79 Å². The number of rotatable bonds is 7. The number of hydrogen-bond donors (Lipinski definition) is 2. The maximum atomic E-state index is 12.2. The van der Waals surface area contributed by atoms with Crippen molar-refractivity contribution >= 4 is 40.0 Å². The van der Waals surface area contributed by atoms with Crippen molar-refractivity contribution < 1.29 is 14.3 Å². The second kappa shape index (κ2) is 11.0. The smallest absolute Gasteiger partial charge is 0.410 e. The zero-order chi connectivity index (χ0) is 26.6. The van der Waals surface area contributed by atoms with Gasteiger partial charge in [-0.3, -0.25) is 0 Å². The highest BCUT2D eigenvalue weighted by Gasteiger charge is 2.19. The summed E-state index contributed by atoms with van der Waals surface area (Å²) in [7, 11) is 1.72. The minimum atomic E-state index is -0.525. The van der Waals surface area contributed by atoms with E-state index in [1.165, 1.54) is 0 Å². The second-order valence-electron chi connectivity index (χ2n) is 9.79. The van der Waals surface area contributed by atoms with Crippen LogP contribution in [0.2, 0.25) is 5.15 Å². The molecule has 4 aromatic rings. The van der Waals surface area contributed by atoms with E-state index in [1.807, 2.05) is 93.6 Å². The summed E-state index contributed by atoms with van der Waals surface area (Å²) in [6.45, 7) is 6.56. The van der Waals surface area contributed by atoms with Gasteiger partial charge in [0.15, 0.2) is 5.15 Å². The fourth-order valence-corrected chi connectivity index (χ4v) is 3.92. The molecule has 0 atom stereocenters. The summed E-state index contributed by atoms with van der Waals surface area (Å²) in [5.74, 6) is 1.43. The fourth-order valence-electron chi connectivity index (χ4n) is 3.73. The quantitative estimate of drug-likeness (QED) is 0.250. The summed E-state index contributed by atoms with van der Waals surface area (Å²) in [6, 6.07) is 23.2. The monoisotopic (exact) mass is 518 g/mol. The highest BCUT2D eigenvalue weighted by Crippen LogP contribution is 2.33. The van der Waals surface area contributed by atoms with Crippen LogP contribution in [-0.4, -0.2) is 28.6 Å². The predicted octanol–water partition coefficient (Wildman–Crippen LogP) is 7.24. The lowest BCUT2D eigenvalue weighted by atomic mass is 10.1. The van der Waals surface area contributed by atoms with Gasteiger partial charge in [-0.2, -0.15) is 0 Å². The van der Waals surface area contributed by atoms with Gasteiger partial charge in [-0.05, 0) is 62.2 Å². The number of halogens is 1. The highest BCUT2D eigenvalue weighted by atomic mass is 35.5. The van der Waals surface area contributed by atoms with Gasteiger partial charge in [0, 0.05) is 25.5 Å². The number of fused-ring (bicyclic) bond motifs is 1. The number of nitrogens with one attached hydrogen (secondary N) is 1. The van der Waals surface area contributed by atoms with Crippen molar-refractivity contribution in [3.63, 3.8) is 0 Å². The molecule has 0 radical (unpaired) electrons. The minimum absolute atomic E-state index is 0.285. The molecule has 0 aliphatic carbocycles. The van der Waals surface area contributed by atoms with Crippen LogP contribution in [0.4, 0.5) is 16.2 Å². The number of para-hydroxylation sites is 1. The number of pyridine rings is 1. The molecule has 1 aromatic heterocycles. The van der Waals surface area contributed by atoms with Gasteiger partial charge >= 0.3 is 6.09 Å². The molecule has 3 N–H and O–H groups in total. The summed E-state index contributed by atoms with van der Waals surface area (Å²) in [5.41, 5.74) is 9.70. The number of nitrogen functional groups attached to an aromatic ring is 1. The van der Waals surface area contributed by atoms with Crippen molar-refractivity contribution in [2.75, 3.05) is 18.1 Å². The van der Waals surface area contributed by atoms with Crippen LogP contribution in [0.25, 0.3) is 10.9 Å². The molecule has 3 aromatic carbocycles. The molecule has 0 aliphatic heterocycles. The third kappa shape index (κ3) is 6.83. The molecule has 4 rings (SSSR count). The Balaban J connectivity index is 1.35. The lowest BCUT2D eigenvalue weighted by molar-refractivity contribution is 0.0285. The van der Waals surface area contributed by atoms with Gasteiger partial charge in [-0.15, -0.1) is 0 Å². The van der Waals surface area contributed by atoms with E-state index >= 15 is 0 Å². The summed E-state index contributed by atoms with van der Waals surface area (Å²) in [4.78, 5) is 18.1. The van der Waals surface area contributed by atoms with Gasteiger partial charge in [-0.1, -0.05) is 54.1 Å². The average molecular weight is 519 g/mol. The van der Waals surface area contributed by atoms with E-state index in [0.717, 1.165) is 33.5 Å². The van der Waals surface area contributed by atoms with E-state index in [0.29, 0.717) is 24.5 Å². The van der Waals surface area contributed by atoms with Crippen molar-refractivity contribution in [2.45, 2.75) is 39.5 Å². The zero-order valence-corrected chi connectivity index (χ0v) is 22.2. The molecule has 0 spiro atoms. The molecule has 1 heterocycles. The maximum absolute atomic E-state index is 12.2. The third-order valence-corrected chi connectivity index (χ3v) is 5.85. The first-order chi connectivity index (χ1) is 17.6. The van der Waals surface area contributed by atoms with E-state index in [4.69, 9.17) is 26.8 Å². The minimum Gasteiger partial charge on any atom is -0.457 e. The number of amides is 1. The Hall–Kier alpha value is -3.97. The second-order valence-corrected chi connectivity index (χ2v) is 10.1. The van der Waals surface area contributed by atoms with Crippen molar-refractivity contribution in [3.8, 4) is 11.5 Å². The summed E-state index contributed by atoms with van der Waals surface area (Å²) in [5, 5.41) is 4.60. The van der Waals surface area contributed by atoms with E-state index < -0.39 is 5.60 Å². The lowest BCUT2D eigenvalue weighted by Crippen LogP contribution is -2.33. The average Bonchev–Trinajstić information content (AvgIpc) is 2.85. The standard InChI is InChI=1S/C29H31ClN4O3/c1-29(2,3)37-28(35)34(4)18-20-11-15-22(16-12-20)36-21-13-9-19(10-14-21)17-32-26-23-7-5-6-8-24(23)33-27(30)25(26)31/h5-16H,17-18,31H2,1-4H3,(H,32,33). The molecule has 37 heavy (non-hydrogen) atoms. The van der Waals surface area contributed by atoms with E-state index in [1.54, 1.807) is 11.9 Å². The summed E-state index contributed by atoms with van der Waals surface area (Å²) < 4.78 is 11.4. The van der Waals surface area contributed by atoms with Crippen LogP contribution < -0.4 is 15.8 Å². The van der Waals surface area contributed by atoms with Crippen molar-refractivity contribution in [1.29, 1.82) is 0 Å². The number of hydrogen-bond acceptors (Lipinski definition) is 6. The normalized spacial score (nSPS) is 11.3.